The van der Waals surface area contributed by atoms with Crippen LogP contribution in [0.5, 0.6) is 0 Å². The Kier molecular flexibility index (Phi) is 5.10. The average molecular weight is 401 g/mol. The molecule has 1 heterocycles. The first-order chi connectivity index (χ1) is 14.3. The summed E-state index contributed by atoms with van der Waals surface area (Å²) in [4.78, 5) is 26.7. The molecule has 2 aliphatic rings. The van der Waals surface area contributed by atoms with Gasteiger partial charge in [-0.1, -0.05) is 62.4 Å². The maximum absolute atomic E-state index is 13.5. The van der Waals surface area contributed by atoms with Gasteiger partial charge in [0.1, 0.15) is 0 Å². The van der Waals surface area contributed by atoms with Crippen LogP contribution in [0.1, 0.15) is 50.7 Å². The third-order valence-corrected chi connectivity index (χ3v) is 6.01. The Morgan fingerprint density at radius 2 is 1.67 bits per heavy atom. The quantitative estimate of drug-likeness (QED) is 0.741. The average Bonchev–Trinajstić information content (AvgIpc) is 2.68. The van der Waals surface area contributed by atoms with Gasteiger partial charge < -0.3 is 10.6 Å². The first kappa shape index (κ1) is 20.1. The molecule has 0 radical (unpaired) electrons. The highest BCUT2D eigenvalue weighted by atomic mass is 16.2. The number of aryl methyl sites for hydroxylation is 1. The van der Waals surface area contributed by atoms with Crippen molar-refractivity contribution < 1.29 is 9.59 Å². The van der Waals surface area contributed by atoms with Gasteiger partial charge in [0.25, 0.3) is 5.91 Å². The number of nitrogens with one attached hydrogen (secondary N) is 2. The van der Waals surface area contributed by atoms with E-state index >= 15 is 0 Å². The molecule has 2 aromatic rings. The van der Waals surface area contributed by atoms with E-state index in [1.165, 1.54) is 0 Å². The predicted octanol–water partition coefficient (Wildman–Crippen LogP) is 5.24. The predicted molar refractivity (Wildman–Crippen MR) is 120 cm³/mol. The lowest BCUT2D eigenvalue weighted by Crippen LogP contribution is -2.39. The summed E-state index contributed by atoms with van der Waals surface area (Å²) in [5.74, 6) is -0.418. The van der Waals surface area contributed by atoms with Crippen LogP contribution in [0.2, 0.25) is 0 Å². The zero-order chi connectivity index (χ0) is 21.5. The minimum Gasteiger partial charge on any atom is -0.362 e. The number of hydrogen-bond acceptors (Lipinski definition) is 3. The van der Waals surface area contributed by atoms with E-state index in [0.29, 0.717) is 12.0 Å². The fraction of sp³-hybridized carbons (Fsp3) is 0.308. The minimum absolute atomic E-state index is 0.0919. The topological polar surface area (TPSA) is 58.2 Å². The van der Waals surface area contributed by atoms with Crippen molar-refractivity contribution in [3.05, 3.63) is 88.3 Å². The number of hydrogen-bond donors (Lipinski definition) is 2. The molecule has 4 rings (SSSR count). The van der Waals surface area contributed by atoms with Crippen LogP contribution < -0.4 is 10.6 Å². The van der Waals surface area contributed by atoms with Crippen LogP contribution >= 0.6 is 0 Å². The van der Waals surface area contributed by atoms with Gasteiger partial charge in [0.05, 0.1) is 0 Å². The molecule has 1 amide bonds. The Balaban J connectivity index is 1.80. The largest absolute Gasteiger partial charge is 0.362 e. The van der Waals surface area contributed by atoms with Gasteiger partial charge in [-0.3, -0.25) is 9.59 Å². The maximum atomic E-state index is 13.5. The van der Waals surface area contributed by atoms with Gasteiger partial charge in [-0.05, 0) is 42.9 Å². The minimum atomic E-state index is -0.366. The van der Waals surface area contributed by atoms with Crippen LogP contribution in [-0.2, 0) is 9.59 Å². The molecule has 1 aliphatic carbocycles. The second-order valence-corrected chi connectivity index (χ2v) is 9.11. The summed E-state index contributed by atoms with van der Waals surface area (Å²) in [6.45, 7) is 8.14. The van der Waals surface area contributed by atoms with Gasteiger partial charge in [-0.2, -0.15) is 0 Å². The van der Waals surface area contributed by atoms with Crippen molar-refractivity contribution in [1.29, 1.82) is 0 Å². The molecule has 4 nitrogen and oxygen atoms in total. The van der Waals surface area contributed by atoms with E-state index < -0.39 is 0 Å². The van der Waals surface area contributed by atoms with Crippen molar-refractivity contribution in [1.82, 2.24) is 5.32 Å². The highest BCUT2D eigenvalue weighted by Gasteiger charge is 2.42. The van der Waals surface area contributed by atoms with Crippen molar-refractivity contribution in [2.24, 2.45) is 5.41 Å². The number of benzene rings is 2. The molecular weight excluding hydrogens is 372 g/mol. The van der Waals surface area contributed by atoms with Crippen LogP contribution in [0.25, 0.3) is 0 Å². The number of Topliss-reactive ketones (excluding diaryl/α,β-unsaturated/α-hetero) is 1. The van der Waals surface area contributed by atoms with Crippen molar-refractivity contribution in [2.45, 2.75) is 46.5 Å². The molecule has 4 heteroatoms. The van der Waals surface area contributed by atoms with Gasteiger partial charge in [0.15, 0.2) is 5.78 Å². The number of allylic oxidation sites excluding steroid dienone is 3. The molecule has 154 valence electrons. The monoisotopic (exact) mass is 400 g/mol. The van der Waals surface area contributed by atoms with Crippen molar-refractivity contribution in [3.8, 4) is 0 Å². The van der Waals surface area contributed by atoms with Gasteiger partial charge >= 0.3 is 0 Å². The normalized spacial score (nSPS) is 20.5. The van der Waals surface area contributed by atoms with Gasteiger partial charge in [-0.15, -0.1) is 0 Å². The Labute approximate surface area is 178 Å². The molecule has 0 saturated heterocycles. The van der Waals surface area contributed by atoms with Gasteiger partial charge in [0, 0.05) is 40.6 Å². The van der Waals surface area contributed by atoms with Crippen molar-refractivity contribution >= 4 is 17.4 Å². The van der Waals surface area contributed by atoms with E-state index in [4.69, 9.17) is 0 Å². The zero-order valence-corrected chi connectivity index (χ0v) is 18.0. The number of para-hydroxylation sites is 1. The van der Waals surface area contributed by atoms with Crippen LogP contribution in [0.3, 0.4) is 0 Å². The third kappa shape index (κ3) is 3.70. The summed E-state index contributed by atoms with van der Waals surface area (Å²) >= 11 is 0. The van der Waals surface area contributed by atoms with Crippen molar-refractivity contribution in [3.63, 3.8) is 0 Å². The summed E-state index contributed by atoms with van der Waals surface area (Å²) in [5, 5.41) is 6.48. The summed E-state index contributed by atoms with van der Waals surface area (Å²) in [6, 6.07) is 17.6. The number of ketones is 1. The number of carbonyl (C=O) groups excluding carboxylic acids is 2. The molecule has 1 unspecified atom stereocenters. The highest BCUT2D eigenvalue weighted by Crippen LogP contribution is 2.46. The van der Waals surface area contributed by atoms with Crippen LogP contribution in [0, 0.1) is 12.3 Å². The van der Waals surface area contributed by atoms with Gasteiger partial charge in [-0.25, -0.2) is 0 Å². The number of carbonyl (C=O) groups is 2. The van der Waals surface area contributed by atoms with E-state index in [9.17, 15) is 9.59 Å². The fourth-order valence-corrected chi connectivity index (χ4v) is 4.62. The van der Waals surface area contributed by atoms with Crippen LogP contribution in [0.4, 0.5) is 5.69 Å². The first-order valence-corrected chi connectivity index (χ1v) is 10.4. The first-order valence-electron chi connectivity index (χ1n) is 10.4. The fourth-order valence-electron chi connectivity index (χ4n) is 4.62. The Bertz CT molecular complexity index is 1080. The van der Waals surface area contributed by atoms with Crippen LogP contribution in [0.15, 0.2) is 77.1 Å². The number of anilines is 1. The molecule has 0 bridgehead atoms. The Morgan fingerprint density at radius 1 is 1.00 bits per heavy atom. The molecule has 0 aromatic heterocycles. The summed E-state index contributed by atoms with van der Waals surface area (Å²) in [7, 11) is 0. The highest BCUT2D eigenvalue weighted by molar-refractivity contribution is 6.10. The van der Waals surface area contributed by atoms with Crippen molar-refractivity contribution in [2.75, 3.05) is 5.32 Å². The lowest BCUT2D eigenvalue weighted by molar-refractivity contribution is -0.118. The molecular formula is C26H28N2O2. The summed E-state index contributed by atoms with van der Waals surface area (Å²) in [5.41, 5.74) is 5.76. The molecule has 0 saturated carbocycles. The molecule has 2 N–H and O–H groups in total. The molecule has 0 fully saturated rings. The Hall–Kier alpha value is -3.14. The zero-order valence-electron chi connectivity index (χ0n) is 18.0. The lowest BCUT2D eigenvalue weighted by atomic mass is 9.68. The molecule has 1 atom stereocenters. The van der Waals surface area contributed by atoms with E-state index in [1.54, 1.807) is 0 Å². The van der Waals surface area contributed by atoms with E-state index in [1.807, 2.05) is 68.4 Å². The summed E-state index contributed by atoms with van der Waals surface area (Å²) < 4.78 is 0. The maximum Gasteiger partial charge on any atom is 0.254 e. The number of rotatable bonds is 3. The SMILES string of the molecule is CC1=C(C(=O)Nc2ccccc2C)C(c2ccccc2)C2=C(CC(C)(C)CC2=O)N1. The third-order valence-electron chi connectivity index (χ3n) is 6.01. The Morgan fingerprint density at radius 3 is 2.37 bits per heavy atom. The second kappa shape index (κ2) is 7.60. The van der Waals surface area contributed by atoms with Gasteiger partial charge in [0.2, 0.25) is 0 Å². The number of dihydropyridines is 1. The smallest absolute Gasteiger partial charge is 0.254 e. The van der Waals surface area contributed by atoms with Crippen LogP contribution in [-0.4, -0.2) is 11.7 Å². The lowest BCUT2D eigenvalue weighted by Gasteiger charge is -2.39. The summed E-state index contributed by atoms with van der Waals surface area (Å²) in [6.07, 6.45) is 1.28. The van der Waals surface area contributed by atoms with E-state index in [2.05, 4.69) is 24.5 Å². The standard InChI is InChI=1S/C26H28N2O2/c1-16-10-8-9-13-19(16)28-25(30)22-17(2)27-20-14-26(3,4)15-21(29)24(20)23(22)18-11-6-5-7-12-18/h5-13,23,27H,14-15H2,1-4H3,(H,28,30). The molecule has 30 heavy (non-hydrogen) atoms. The van der Waals surface area contributed by atoms with E-state index in [-0.39, 0.29) is 23.0 Å². The number of amides is 1. The second-order valence-electron chi connectivity index (χ2n) is 9.11. The molecule has 1 aliphatic heterocycles. The molecule has 0 spiro atoms. The molecule has 2 aromatic carbocycles. The van der Waals surface area contributed by atoms with E-state index in [0.717, 1.165) is 40.2 Å².